The van der Waals surface area contributed by atoms with Crippen molar-refractivity contribution in [1.29, 1.82) is 0 Å². The van der Waals surface area contributed by atoms with Gasteiger partial charge in [-0.15, -0.1) is 0 Å². The van der Waals surface area contributed by atoms with Crippen LogP contribution in [-0.2, 0) is 6.42 Å². The van der Waals surface area contributed by atoms with Crippen LogP contribution >= 0.6 is 0 Å². The second-order valence-electron chi connectivity index (χ2n) is 3.85. The summed E-state index contributed by atoms with van der Waals surface area (Å²) in [4.78, 5) is 4.10. The highest BCUT2D eigenvalue weighted by Gasteiger charge is 2.23. The molecular weight excluding hydrogens is 186 g/mol. The van der Waals surface area contributed by atoms with Gasteiger partial charge in [0.15, 0.2) is 0 Å². The Morgan fingerprint density at radius 3 is 2.40 bits per heavy atom. The Hall–Kier alpha value is -1.77. The number of benzene rings is 1. The van der Waals surface area contributed by atoms with E-state index in [0.29, 0.717) is 11.7 Å². The van der Waals surface area contributed by atoms with Crippen LogP contribution in [0, 0.1) is 5.92 Å². The Morgan fingerprint density at radius 1 is 1.20 bits per heavy atom. The summed E-state index contributed by atoms with van der Waals surface area (Å²) in [6.07, 6.45) is 0.878. The molecular formula is C12H15N3. The fourth-order valence-electron chi connectivity index (χ4n) is 1.81. The molecule has 2 rings (SSSR count). The number of aliphatic imine (C=N–C) groups is 1. The van der Waals surface area contributed by atoms with Crippen molar-refractivity contribution < 1.29 is 0 Å². The quantitative estimate of drug-likeness (QED) is 0.759. The minimum Gasteiger partial charge on any atom is -0.387 e. The highest BCUT2D eigenvalue weighted by atomic mass is 15.0. The van der Waals surface area contributed by atoms with E-state index in [0.717, 1.165) is 12.0 Å². The van der Waals surface area contributed by atoms with Crippen molar-refractivity contribution in [2.75, 3.05) is 0 Å². The summed E-state index contributed by atoms with van der Waals surface area (Å²) < 4.78 is 0. The first-order valence-corrected chi connectivity index (χ1v) is 5.02. The topological polar surface area (TPSA) is 64.4 Å². The molecule has 0 bridgehead atoms. The first-order chi connectivity index (χ1) is 7.18. The highest BCUT2D eigenvalue weighted by molar-refractivity contribution is 5.89. The molecule has 1 atom stereocenters. The van der Waals surface area contributed by atoms with Crippen molar-refractivity contribution in [1.82, 2.24) is 0 Å². The average Bonchev–Trinajstić information content (AvgIpc) is 2.47. The van der Waals surface area contributed by atoms with Crippen molar-refractivity contribution in [2.45, 2.75) is 13.3 Å². The third-order valence-electron chi connectivity index (χ3n) is 2.82. The van der Waals surface area contributed by atoms with E-state index >= 15 is 0 Å². The smallest absolute Gasteiger partial charge is 0.125 e. The van der Waals surface area contributed by atoms with Gasteiger partial charge in [-0.3, -0.25) is 0 Å². The molecule has 0 aromatic heterocycles. The minimum absolute atomic E-state index is 0.174. The molecule has 1 aromatic rings. The van der Waals surface area contributed by atoms with Gasteiger partial charge in [0.2, 0.25) is 0 Å². The van der Waals surface area contributed by atoms with Crippen LogP contribution in [0.5, 0.6) is 0 Å². The number of nitrogens with two attached hydrogens (primary N) is 2. The van der Waals surface area contributed by atoms with Gasteiger partial charge in [0.05, 0.1) is 0 Å². The molecule has 4 N–H and O–H groups in total. The van der Waals surface area contributed by atoms with Gasteiger partial charge in [-0.1, -0.05) is 30.3 Å². The van der Waals surface area contributed by atoms with E-state index in [1.54, 1.807) is 0 Å². The summed E-state index contributed by atoms with van der Waals surface area (Å²) in [5, 5.41) is 0. The van der Waals surface area contributed by atoms with Gasteiger partial charge >= 0.3 is 0 Å². The van der Waals surface area contributed by atoms with Crippen LogP contribution in [-0.4, -0.2) is 5.84 Å². The Kier molecular flexibility index (Phi) is 2.46. The maximum atomic E-state index is 5.84. The Bertz CT molecular complexity index is 418. The normalized spacial score (nSPS) is 20.6. The van der Waals surface area contributed by atoms with E-state index in [9.17, 15) is 0 Å². The van der Waals surface area contributed by atoms with Crippen LogP contribution in [0.25, 0.3) is 0 Å². The summed E-state index contributed by atoms with van der Waals surface area (Å²) in [6, 6.07) is 10.2. The van der Waals surface area contributed by atoms with E-state index in [-0.39, 0.29) is 5.92 Å². The molecule has 1 unspecified atom stereocenters. The zero-order valence-corrected chi connectivity index (χ0v) is 8.77. The molecule has 1 heterocycles. The molecule has 1 aliphatic rings. The molecule has 0 fully saturated rings. The third kappa shape index (κ3) is 1.86. The fraction of sp³-hybridized carbons (Fsp3) is 0.250. The second kappa shape index (κ2) is 3.77. The zero-order chi connectivity index (χ0) is 10.8. The van der Waals surface area contributed by atoms with Crippen LogP contribution in [0.3, 0.4) is 0 Å². The summed E-state index contributed by atoms with van der Waals surface area (Å²) in [5.74, 6) is 1.38. The number of hydrogen-bond acceptors (Lipinski definition) is 3. The standard InChI is InChI=1S/C12H15N3/c1-8-10(12(14)15-11(8)13)7-9-5-3-2-4-6-9/h2-6,10H,7,13H2,1H3,(H2,14,15). The van der Waals surface area contributed by atoms with E-state index < -0.39 is 0 Å². The van der Waals surface area contributed by atoms with E-state index in [1.165, 1.54) is 5.56 Å². The molecule has 15 heavy (non-hydrogen) atoms. The molecule has 0 spiro atoms. The van der Waals surface area contributed by atoms with Gasteiger partial charge in [0.1, 0.15) is 11.7 Å². The number of hydrogen-bond donors (Lipinski definition) is 2. The van der Waals surface area contributed by atoms with Gasteiger partial charge in [0, 0.05) is 5.92 Å². The van der Waals surface area contributed by atoms with Crippen LogP contribution in [0.15, 0.2) is 46.7 Å². The van der Waals surface area contributed by atoms with E-state index in [4.69, 9.17) is 11.5 Å². The van der Waals surface area contributed by atoms with Crippen LogP contribution in [0.4, 0.5) is 0 Å². The van der Waals surface area contributed by atoms with Crippen LogP contribution < -0.4 is 11.5 Å². The molecule has 1 aliphatic heterocycles. The van der Waals surface area contributed by atoms with Gasteiger partial charge in [-0.2, -0.15) is 0 Å². The number of nitrogens with zero attached hydrogens (tertiary/aromatic N) is 1. The monoisotopic (exact) mass is 201 g/mol. The molecule has 0 saturated carbocycles. The van der Waals surface area contributed by atoms with Gasteiger partial charge < -0.3 is 11.5 Å². The molecule has 0 saturated heterocycles. The first kappa shape index (κ1) is 9.77. The van der Waals surface area contributed by atoms with Crippen LogP contribution in [0.1, 0.15) is 12.5 Å². The maximum absolute atomic E-state index is 5.84. The summed E-state index contributed by atoms with van der Waals surface area (Å²) >= 11 is 0. The van der Waals surface area contributed by atoms with Crippen molar-refractivity contribution in [3.8, 4) is 0 Å². The molecule has 3 heteroatoms. The first-order valence-electron chi connectivity index (χ1n) is 5.02. The second-order valence-corrected chi connectivity index (χ2v) is 3.85. The lowest BCUT2D eigenvalue weighted by Gasteiger charge is -2.11. The zero-order valence-electron chi connectivity index (χ0n) is 8.77. The molecule has 1 aromatic carbocycles. The molecule has 3 nitrogen and oxygen atoms in total. The minimum atomic E-state index is 0.174. The fourth-order valence-corrected chi connectivity index (χ4v) is 1.81. The van der Waals surface area contributed by atoms with Crippen molar-refractivity contribution in [3.63, 3.8) is 0 Å². The lowest BCUT2D eigenvalue weighted by atomic mass is 9.93. The van der Waals surface area contributed by atoms with Gasteiger partial charge in [0.25, 0.3) is 0 Å². The largest absolute Gasteiger partial charge is 0.387 e. The lowest BCUT2D eigenvalue weighted by molar-refractivity contribution is 0.798. The van der Waals surface area contributed by atoms with Crippen LogP contribution in [0.2, 0.25) is 0 Å². The summed E-state index contributed by atoms with van der Waals surface area (Å²) in [6.45, 7) is 1.99. The molecule has 0 amide bonds. The van der Waals surface area contributed by atoms with E-state index in [2.05, 4.69) is 17.1 Å². The number of rotatable bonds is 2. The van der Waals surface area contributed by atoms with E-state index in [1.807, 2.05) is 25.1 Å². The SMILES string of the molecule is CC1=C(N)N=C(N)C1Cc1ccccc1. The molecule has 0 aliphatic carbocycles. The predicted molar refractivity (Wildman–Crippen MR) is 62.1 cm³/mol. The Morgan fingerprint density at radius 2 is 1.87 bits per heavy atom. The van der Waals surface area contributed by atoms with Crippen molar-refractivity contribution in [3.05, 3.63) is 47.3 Å². The summed E-state index contributed by atoms with van der Waals surface area (Å²) in [7, 11) is 0. The Labute approximate surface area is 89.5 Å². The average molecular weight is 201 g/mol. The van der Waals surface area contributed by atoms with Gasteiger partial charge in [-0.05, 0) is 24.5 Å². The number of amidine groups is 1. The highest BCUT2D eigenvalue weighted by Crippen LogP contribution is 2.24. The van der Waals surface area contributed by atoms with Crippen molar-refractivity contribution >= 4 is 5.84 Å². The summed E-state index contributed by atoms with van der Waals surface area (Å²) in [5.41, 5.74) is 13.9. The predicted octanol–water partition coefficient (Wildman–Crippen LogP) is 1.41. The van der Waals surface area contributed by atoms with Gasteiger partial charge in [-0.25, -0.2) is 4.99 Å². The van der Waals surface area contributed by atoms with Crippen molar-refractivity contribution in [2.24, 2.45) is 22.4 Å². The lowest BCUT2D eigenvalue weighted by Crippen LogP contribution is -2.23. The molecule has 78 valence electrons. The molecule has 0 radical (unpaired) electrons. The third-order valence-corrected chi connectivity index (χ3v) is 2.82. The Balaban J connectivity index is 2.18. The maximum Gasteiger partial charge on any atom is 0.125 e.